The molecule has 0 radical (unpaired) electrons. The molecule has 1 saturated carbocycles. The summed E-state index contributed by atoms with van der Waals surface area (Å²) in [6, 6.07) is 16.9. The highest BCUT2D eigenvalue weighted by molar-refractivity contribution is 6.32. The van der Waals surface area contributed by atoms with Crippen LogP contribution in [0.2, 0.25) is 5.02 Å². The summed E-state index contributed by atoms with van der Waals surface area (Å²) in [7, 11) is 5.39. The molecule has 1 heterocycles. The van der Waals surface area contributed by atoms with E-state index in [9.17, 15) is 9.59 Å². The van der Waals surface area contributed by atoms with Crippen LogP contribution in [0.1, 0.15) is 54.6 Å². The van der Waals surface area contributed by atoms with Gasteiger partial charge < -0.3 is 25.4 Å². The molecule has 1 aliphatic rings. The van der Waals surface area contributed by atoms with E-state index in [4.69, 9.17) is 31.8 Å². The molecule has 4 rings (SSSR count). The first-order chi connectivity index (χ1) is 19.8. The van der Waals surface area contributed by atoms with Gasteiger partial charge >= 0.3 is 5.97 Å². The van der Waals surface area contributed by atoms with E-state index in [0.29, 0.717) is 42.5 Å². The largest absolute Gasteiger partial charge is 0.492 e. The molecule has 0 unspecified atom stereocenters. The third-order valence-corrected chi connectivity index (χ3v) is 7.82. The quantitative estimate of drug-likeness (QED) is 0.205. The van der Waals surface area contributed by atoms with E-state index >= 15 is 0 Å². The number of carbonyl (C=O) groups is 2. The van der Waals surface area contributed by atoms with Crippen LogP contribution in [0, 0.1) is 0 Å². The van der Waals surface area contributed by atoms with Gasteiger partial charge in [0.1, 0.15) is 17.0 Å². The molecule has 1 aliphatic carbocycles. The minimum absolute atomic E-state index is 0. The number of hydrogen-bond donors (Lipinski definition) is 2. The molecule has 10 heteroatoms. The highest BCUT2D eigenvalue weighted by Crippen LogP contribution is 2.37. The van der Waals surface area contributed by atoms with Crippen LogP contribution < -0.4 is 15.8 Å². The van der Waals surface area contributed by atoms with Gasteiger partial charge in [0.25, 0.3) is 5.91 Å². The van der Waals surface area contributed by atoms with Gasteiger partial charge in [-0.2, -0.15) is 0 Å². The minimum Gasteiger partial charge on any atom is -0.492 e. The lowest BCUT2D eigenvalue weighted by molar-refractivity contribution is -0.149. The summed E-state index contributed by atoms with van der Waals surface area (Å²) < 4.78 is 11.1. The lowest BCUT2D eigenvalue weighted by Gasteiger charge is -2.35. The van der Waals surface area contributed by atoms with Crippen LogP contribution in [-0.4, -0.2) is 61.7 Å². The summed E-state index contributed by atoms with van der Waals surface area (Å²) in [5, 5.41) is 3.47. The summed E-state index contributed by atoms with van der Waals surface area (Å²) in [6.45, 7) is 1.75. The Hall–Kier alpha value is -3.17. The maximum absolute atomic E-state index is 13.6. The fourth-order valence-corrected chi connectivity index (χ4v) is 5.49. The topological polar surface area (TPSA) is 107 Å². The lowest BCUT2D eigenvalue weighted by Crippen LogP contribution is -2.56. The van der Waals surface area contributed by atoms with Crippen molar-refractivity contribution in [1.82, 2.24) is 15.2 Å². The molecular weight excluding hydrogens is 575 g/mol. The predicted octanol–water partition coefficient (Wildman–Crippen LogP) is 5.89. The second kappa shape index (κ2) is 15.3. The predicted molar refractivity (Wildman–Crippen MR) is 169 cm³/mol. The van der Waals surface area contributed by atoms with E-state index in [-0.39, 0.29) is 18.1 Å². The van der Waals surface area contributed by atoms with Crippen LogP contribution in [0.3, 0.4) is 0 Å². The summed E-state index contributed by atoms with van der Waals surface area (Å²) in [5.41, 5.74) is 9.26. The van der Waals surface area contributed by atoms with E-state index in [1.807, 2.05) is 56.6 Å². The van der Waals surface area contributed by atoms with E-state index in [0.717, 1.165) is 54.5 Å². The van der Waals surface area contributed by atoms with Crippen LogP contribution in [-0.2, 0) is 16.1 Å². The Morgan fingerprint density at radius 3 is 2.48 bits per heavy atom. The molecule has 1 amide bonds. The molecule has 0 bridgehead atoms. The number of methoxy groups -OCH3 is 1. The third kappa shape index (κ3) is 7.81. The molecule has 42 heavy (non-hydrogen) atoms. The Morgan fingerprint density at radius 1 is 1.05 bits per heavy atom. The Bertz CT molecular complexity index is 1380. The molecule has 3 N–H and O–H groups in total. The summed E-state index contributed by atoms with van der Waals surface area (Å²) in [5.74, 6) is -0.302. The van der Waals surface area contributed by atoms with Gasteiger partial charge in [-0.15, -0.1) is 12.4 Å². The number of nitrogens with zero attached hydrogens (tertiary/aromatic N) is 2. The zero-order valence-electron chi connectivity index (χ0n) is 24.5. The van der Waals surface area contributed by atoms with Gasteiger partial charge in [-0.1, -0.05) is 61.2 Å². The number of halogens is 2. The SMILES string of the molecule is COC(=O)C1(NC(=O)c2ccc(-c3ccccc3CN)c(-c3ccc(Cl)c(OCCCN(C)C)c3)n2)CCCCC1.Cl. The smallest absolute Gasteiger partial charge is 0.331 e. The highest BCUT2D eigenvalue weighted by Gasteiger charge is 2.42. The number of nitrogens with two attached hydrogens (primary N) is 1. The molecular formula is C32H40Cl2N4O4. The number of aromatic nitrogens is 1. The van der Waals surface area contributed by atoms with Gasteiger partial charge in [0.2, 0.25) is 0 Å². The van der Waals surface area contributed by atoms with Crippen LogP contribution in [0.25, 0.3) is 22.4 Å². The number of amides is 1. The van der Waals surface area contributed by atoms with Gasteiger partial charge in [0.05, 0.1) is 24.4 Å². The Kier molecular flexibility index (Phi) is 12.2. The molecule has 0 saturated heterocycles. The van der Waals surface area contributed by atoms with Gasteiger partial charge in [-0.25, -0.2) is 9.78 Å². The summed E-state index contributed by atoms with van der Waals surface area (Å²) in [4.78, 5) is 33.3. The zero-order chi connectivity index (χ0) is 29.4. The van der Waals surface area contributed by atoms with E-state index < -0.39 is 17.4 Å². The second-order valence-electron chi connectivity index (χ2n) is 10.7. The number of pyridine rings is 1. The molecule has 0 aliphatic heterocycles. The first kappa shape index (κ1) is 33.3. The molecule has 226 valence electrons. The molecule has 3 aromatic rings. The Labute approximate surface area is 259 Å². The lowest BCUT2D eigenvalue weighted by atomic mass is 9.81. The standard InChI is InChI=1S/C32H39ClN4O4.ClH/c1-37(2)18-9-19-41-28-20-22(12-14-26(28)33)29-25(24-11-6-5-10-23(24)21-34)13-15-27(35-29)30(38)36-32(31(39)40-3)16-7-4-8-17-32;/h5-6,10-15,20H,4,7-9,16-19,21,34H2,1-3H3,(H,36,38);1H. The fourth-order valence-electron chi connectivity index (χ4n) is 5.32. The third-order valence-electron chi connectivity index (χ3n) is 7.50. The first-order valence-electron chi connectivity index (χ1n) is 14.1. The first-order valence-corrected chi connectivity index (χ1v) is 14.4. The Morgan fingerprint density at radius 2 is 1.79 bits per heavy atom. The fraction of sp³-hybridized carbons (Fsp3) is 0.406. The summed E-state index contributed by atoms with van der Waals surface area (Å²) >= 11 is 6.50. The Balaban J connectivity index is 0.00000484. The number of hydrogen-bond acceptors (Lipinski definition) is 7. The van der Waals surface area contributed by atoms with Crippen molar-refractivity contribution in [1.29, 1.82) is 0 Å². The second-order valence-corrected chi connectivity index (χ2v) is 11.1. The van der Waals surface area contributed by atoms with Crippen molar-refractivity contribution in [3.05, 3.63) is 70.9 Å². The molecule has 0 atom stereocenters. The van der Waals surface area contributed by atoms with Crippen molar-refractivity contribution >= 4 is 35.9 Å². The number of carbonyl (C=O) groups excluding carboxylic acids is 2. The number of rotatable bonds is 11. The number of benzene rings is 2. The monoisotopic (exact) mass is 614 g/mol. The van der Waals surface area contributed by atoms with Gasteiger partial charge in [0, 0.05) is 24.2 Å². The van der Waals surface area contributed by atoms with Gasteiger partial charge in [0.15, 0.2) is 0 Å². The normalized spacial score (nSPS) is 14.1. The summed E-state index contributed by atoms with van der Waals surface area (Å²) in [6.07, 6.45) is 4.61. The molecule has 8 nitrogen and oxygen atoms in total. The molecule has 1 fully saturated rings. The van der Waals surface area contributed by atoms with Crippen molar-refractivity contribution in [3.8, 4) is 28.1 Å². The van der Waals surface area contributed by atoms with E-state index in [1.165, 1.54) is 7.11 Å². The average Bonchev–Trinajstić information content (AvgIpc) is 2.99. The van der Waals surface area contributed by atoms with E-state index in [2.05, 4.69) is 10.2 Å². The van der Waals surface area contributed by atoms with Crippen LogP contribution in [0.15, 0.2) is 54.6 Å². The number of esters is 1. The van der Waals surface area contributed by atoms with Gasteiger partial charge in [-0.3, -0.25) is 4.79 Å². The van der Waals surface area contributed by atoms with Crippen molar-refractivity contribution in [2.24, 2.45) is 5.73 Å². The van der Waals surface area contributed by atoms with Crippen LogP contribution in [0.5, 0.6) is 5.75 Å². The number of ether oxygens (including phenoxy) is 2. The van der Waals surface area contributed by atoms with Crippen molar-refractivity contribution in [3.63, 3.8) is 0 Å². The molecule has 2 aromatic carbocycles. The number of nitrogens with one attached hydrogen (secondary N) is 1. The average molecular weight is 616 g/mol. The van der Waals surface area contributed by atoms with Crippen molar-refractivity contribution in [2.75, 3.05) is 34.4 Å². The van der Waals surface area contributed by atoms with Crippen LogP contribution in [0.4, 0.5) is 0 Å². The van der Waals surface area contributed by atoms with Crippen LogP contribution >= 0.6 is 24.0 Å². The van der Waals surface area contributed by atoms with Gasteiger partial charge in [-0.05, 0) is 68.8 Å². The maximum atomic E-state index is 13.6. The minimum atomic E-state index is -1.05. The van der Waals surface area contributed by atoms with Crippen molar-refractivity contribution in [2.45, 2.75) is 50.6 Å². The maximum Gasteiger partial charge on any atom is 0.331 e. The van der Waals surface area contributed by atoms with Crippen molar-refractivity contribution < 1.29 is 19.1 Å². The molecule has 1 aromatic heterocycles. The van der Waals surface area contributed by atoms with E-state index in [1.54, 1.807) is 12.1 Å². The highest BCUT2D eigenvalue weighted by atomic mass is 35.5. The molecule has 0 spiro atoms. The zero-order valence-corrected chi connectivity index (χ0v) is 26.0.